The molecule has 3 heterocycles. The lowest BCUT2D eigenvalue weighted by atomic mass is 10.1. The maximum atomic E-state index is 12.9. The van der Waals surface area contributed by atoms with Gasteiger partial charge >= 0.3 is 0 Å². The van der Waals surface area contributed by atoms with E-state index in [1.54, 1.807) is 7.11 Å². The summed E-state index contributed by atoms with van der Waals surface area (Å²) < 4.78 is 6.15. The number of fused-ring (bicyclic) bond motifs is 1. The molecule has 0 spiro atoms. The van der Waals surface area contributed by atoms with Gasteiger partial charge in [-0.2, -0.15) is 0 Å². The number of amides is 1. The lowest BCUT2D eigenvalue weighted by Gasteiger charge is -2.32. The summed E-state index contributed by atoms with van der Waals surface area (Å²) in [5.41, 5.74) is 3.29. The van der Waals surface area contributed by atoms with Crippen molar-refractivity contribution in [1.82, 2.24) is 25.0 Å². The van der Waals surface area contributed by atoms with Crippen LogP contribution in [0.25, 0.3) is 21.5 Å². The molecule has 1 amide bonds. The summed E-state index contributed by atoms with van der Waals surface area (Å²) in [4.78, 5) is 21.7. The minimum absolute atomic E-state index is 0.0768. The molecule has 2 aromatic carbocycles. The van der Waals surface area contributed by atoms with Crippen LogP contribution in [0.5, 0.6) is 5.75 Å². The minimum Gasteiger partial charge on any atom is -0.497 e. The Morgan fingerprint density at radius 3 is 2.48 bits per heavy atom. The molecule has 4 aromatic rings. The summed E-state index contributed by atoms with van der Waals surface area (Å²) in [6, 6.07) is 17.2. The molecule has 1 saturated heterocycles. The number of carbonyl (C=O) groups is 1. The average molecular weight is 461 g/mol. The minimum atomic E-state index is 0.0768. The largest absolute Gasteiger partial charge is 0.497 e. The molecular weight excluding hydrogens is 436 g/mol. The normalized spacial score (nSPS) is 14.4. The van der Waals surface area contributed by atoms with E-state index in [4.69, 9.17) is 4.74 Å². The molecule has 1 fully saturated rings. The van der Waals surface area contributed by atoms with Gasteiger partial charge in [0, 0.05) is 37.3 Å². The molecule has 0 radical (unpaired) electrons. The van der Waals surface area contributed by atoms with Gasteiger partial charge in [0.15, 0.2) is 10.9 Å². The Morgan fingerprint density at radius 1 is 1.00 bits per heavy atom. The van der Waals surface area contributed by atoms with Crippen molar-refractivity contribution in [3.63, 3.8) is 0 Å². The lowest BCUT2D eigenvalue weighted by molar-refractivity contribution is 0.0664. The molecular formula is C24H24N6O2S. The Morgan fingerprint density at radius 2 is 1.79 bits per heavy atom. The lowest BCUT2D eigenvalue weighted by Crippen LogP contribution is -2.47. The number of ether oxygens (including phenoxy) is 1. The fraction of sp³-hybridized carbons (Fsp3) is 0.250. The number of aromatic nitrogens is 3. The van der Waals surface area contributed by atoms with E-state index in [9.17, 15) is 4.79 Å². The van der Waals surface area contributed by atoms with Crippen LogP contribution in [0.3, 0.4) is 0 Å². The van der Waals surface area contributed by atoms with Crippen LogP contribution in [0.2, 0.25) is 0 Å². The van der Waals surface area contributed by atoms with Gasteiger partial charge in [-0.25, -0.2) is 4.98 Å². The number of hydrogen-bond donors (Lipinski definition) is 1. The van der Waals surface area contributed by atoms with E-state index in [1.807, 2.05) is 59.5 Å². The molecule has 0 aliphatic carbocycles. The molecule has 8 nitrogen and oxygen atoms in total. The summed E-state index contributed by atoms with van der Waals surface area (Å²) in [6.45, 7) is 3.32. The predicted molar refractivity (Wildman–Crippen MR) is 130 cm³/mol. The highest BCUT2D eigenvalue weighted by Gasteiger charge is 2.21. The zero-order valence-corrected chi connectivity index (χ0v) is 19.3. The average Bonchev–Trinajstić information content (AvgIpc) is 3.26. The molecule has 33 heavy (non-hydrogen) atoms. The third-order valence-corrected chi connectivity index (χ3v) is 6.64. The summed E-state index contributed by atoms with van der Waals surface area (Å²) in [7, 11) is 3.72. The molecule has 0 bridgehead atoms. The van der Waals surface area contributed by atoms with Gasteiger partial charge in [0.25, 0.3) is 5.91 Å². The van der Waals surface area contributed by atoms with E-state index in [2.05, 4.69) is 32.4 Å². The third kappa shape index (κ3) is 4.64. The van der Waals surface area contributed by atoms with E-state index in [-0.39, 0.29) is 5.91 Å². The number of carbonyl (C=O) groups excluding carboxylic acids is 1. The molecule has 1 aliphatic rings. The molecule has 1 aliphatic heterocycles. The highest BCUT2D eigenvalue weighted by Crippen LogP contribution is 2.29. The summed E-state index contributed by atoms with van der Waals surface area (Å²) in [5.74, 6) is 1.49. The van der Waals surface area contributed by atoms with Crippen molar-refractivity contribution < 1.29 is 9.53 Å². The van der Waals surface area contributed by atoms with Crippen LogP contribution in [-0.4, -0.2) is 71.2 Å². The first-order valence-electron chi connectivity index (χ1n) is 10.7. The van der Waals surface area contributed by atoms with E-state index < -0.39 is 0 Å². The van der Waals surface area contributed by atoms with Gasteiger partial charge in [-0.1, -0.05) is 11.3 Å². The van der Waals surface area contributed by atoms with Gasteiger partial charge in [-0.15, -0.1) is 10.2 Å². The number of anilines is 2. The van der Waals surface area contributed by atoms with Gasteiger partial charge in [0.1, 0.15) is 5.75 Å². The first-order chi connectivity index (χ1) is 16.1. The molecule has 2 aromatic heterocycles. The summed E-state index contributed by atoms with van der Waals surface area (Å²) in [6.07, 6.45) is 0. The number of rotatable bonds is 5. The van der Waals surface area contributed by atoms with Crippen LogP contribution >= 0.6 is 11.3 Å². The Balaban J connectivity index is 1.29. The van der Waals surface area contributed by atoms with Crippen LogP contribution in [0, 0.1) is 0 Å². The number of nitrogens with one attached hydrogen (secondary N) is 1. The first kappa shape index (κ1) is 21.3. The summed E-state index contributed by atoms with van der Waals surface area (Å²) >= 11 is 1.49. The van der Waals surface area contributed by atoms with Crippen LogP contribution in [-0.2, 0) is 0 Å². The number of likely N-dealkylation sites (N-methyl/N-ethyl adjacent to an activating group) is 1. The van der Waals surface area contributed by atoms with Gasteiger partial charge in [0.2, 0.25) is 0 Å². The van der Waals surface area contributed by atoms with E-state index >= 15 is 0 Å². The zero-order valence-electron chi connectivity index (χ0n) is 18.5. The Labute approximate surface area is 195 Å². The van der Waals surface area contributed by atoms with Crippen LogP contribution in [0.15, 0.2) is 54.6 Å². The standard InChI is InChI=1S/C24H24N6O2S/c1-29-11-13-30(14-12-29)23(31)17-5-8-20-21(15-17)33-24(25-20)26-22-10-9-19(27-28-22)16-3-6-18(32-2)7-4-16/h3-10,15H,11-14H2,1-2H3,(H,25,26,28). The maximum Gasteiger partial charge on any atom is 0.253 e. The fourth-order valence-electron chi connectivity index (χ4n) is 3.73. The Bertz CT molecular complexity index is 1260. The van der Waals surface area contributed by atoms with Crippen molar-refractivity contribution in [1.29, 1.82) is 0 Å². The Kier molecular flexibility index (Phi) is 5.89. The number of benzene rings is 2. The highest BCUT2D eigenvalue weighted by molar-refractivity contribution is 7.22. The van der Waals surface area contributed by atoms with Crippen molar-refractivity contribution in [2.45, 2.75) is 0 Å². The summed E-state index contributed by atoms with van der Waals surface area (Å²) in [5, 5.41) is 12.5. The number of hydrogen-bond acceptors (Lipinski definition) is 8. The number of nitrogens with zero attached hydrogens (tertiary/aromatic N) is 5. The second kappa shape index (κ2) is 9.13. The van der Waals surface area contributed by atoms with Gasteiger partial charge in [0.05, 0.1) is 23.0 Å². The molecule has 0 unspecified atom stereocenters. The smallest absolute Gasteiger partial charge is 0.253 e. The van der Waals surface area contributed by atoms with Crippen LogP contribution in [0.1, 0.15) is 10.4 Å². The molecule has 5 rings (SSSR count). The number of thiazole rings is 1. The second-order valence-corrected chi connectivity index (χ2v) is 8.98. The monoisotopic (exact) mass is 460 g/mol. The number of methoxy groups -OCH3 is 1. The quantitative estimate of drug-likeness (QED) is 0.484. The van der Waals surface area contributed by atoms with Crippen molar-refractivity contribution in [2.75, 3.05) is 45.7 Å². The van der Waals surface area contributed by atoms with Crippen molar-refractivity contribution in [2.24, 2.45) is 0 Å². The fourth-order valence-corrected chi connectivity index (χ4v) is 4.64. The first-order valence-corrected chi connectivity index (χ1v) is 11.5. The van der Waals surface area contributed by atoms with Gasteiger partial charge in [-0.05, 0) is 61.6 Å². The topological polar surface area (TPSA) is 83.5 Å². The van der Waals surface area contributed by atoms with Gasteiger partial charge < -0.3 is 19.9 Å². The van der Waals surface area contributed by atoms with E-state index in [1.165, 1.54) is 11.3 Å². The predicted octanol–water partition coefficient (Wildman–Crippen LogP) is 3.89. The molecule has 0 saturated carbocycles. The molecule has 168 valence electrons. The second-order valence-electron chi connectivity index (χ2n) is 7.95. The molecule has 1 N–H and O–H groups in total. The maximum absolute atomic E-state index is 12.9. The van der Waals surface area contributed by atoms with Gasteiger partial charge in [-0.3, -0.25) is 4.79 Å². The number of piperazine rings is 1. The van der Waals surface area contributed by atoms with Crippen molar-refractivity contribution in [3.05, 3.63) is 60.2 Å². The van der Waals surface area contributed by atoms with Crippen molar-refractivity contribution >= 4 is 38.4 Å². The van der Waals surface area contributed by atoms with Crippen LogP contribution < -0.4 is 10.1 Å². The van der Waals surface area contributed by atoms with E-state index in [0.717, 1.165) is 53.4 Å². The molecule has 0 atom stereocenters. The Hall–Kier alpha value is -3.56. The third-order valence-electron chi connectivity index (χ3n) is 5.71. The highest BCUT2D eigenvalue weighted by atomic mass is 32.1. The SMILES string of the molecule is COc1ccc(-c2ccc(Nc3nc4ccc(C(=O)N5CCN(C)CC5)cc4s3)nn2)cc1. The van der Waals surface area contributed by atoms with Crippen LogP contribution in [0.4, 0.5) is 10.9 Å². The van der Waals surface area contributed by atoms with Crippen molar-refractivity contribution in [3.8, 4) is 17.0 Å². The van der Waals surface area contributed by atoms with E-state index in [0.29, 0.717) is 16.5 Å². The molecule has 9 heteroatoms. The zero-order chi connectivity index (χ0) is 22.8.